The largest absolute Gasteiger partial charge is 0.493 e. The zero-order valence-electron chi connectivity index (χ0n) is 17.1. The molecule has 0 saturated carbocycles. The Morgan fingerprint density at radius 2 is 1.54 bits per heavy atom. The summed E-state index contributed by atoms with van der Waals surface area (Å²) < 4.78 is 22.5. The lowest BCUT2D eigenvalue weighted by atomic mass is 10.0. The molecule has 0 spiro atoms. The van der Waals surface area contributed by atoms with E-state index in [0.717, 1.165) is 5.56 Å². The summed E-state index contributed by atoms with van der Waals surface area (Å²) in [5.41, 5.74) is 1.40. The average molecular weight is 379 g/mol. The molecule has 6 heteroatoms. The van der Waals surface area contributed by atoms with Gasteiger partial charge in [0.1, 0.15) is 0 Å². The highest BCUT2D eigenvalue weighted by molar-refractivity contribution is 6.74. The predicted molar refractivity (Wildman–Crippen MR) is 106 cm³/mol. The van der Waals surface area contributed by atoms with Crippen molar-refractivity contribution in [3.63, 3.8) is 0 Å². The third-order valence-corrected chi connectivity index (χ3v) is 9.77. The molecule has 0 saturated heterocycles. The van der Waals surface area contributed by atoms with Crippen LogP contribution in [0.2, 0.25) is 18.1 Å². The van der Waals surface area contributed by atoms with Crippen molar-refractivity contribution in [2.75, 3.05) is 21.3 Å². The fraction of sp³-hybridized carbons (Fsp3) is 0.550. The Hall–Kier alpha value is -1.79. The maximum atomic E-state index is 12.6. The Labute approximate surface area is 157 Å². The van der Waals surface area contributed by atoms with Gasteiger partial charge in [0.2, 0.25) is 5.75 Å². The molecule has 0 aromatic heterocycles. The first-order valence-corrected chi connectivity index (χ1v) is 11.7. The number of rotatable bonds is 6. The van der Waals surface area contributed by atoms with Gasteiger partial charge in [0, 0.05) is 12.0 Å². The third kappa shape index (κ3) is 3.96. The molecular formula is C20H30O5Si. The Bertz CT molecular complexity index is 690. The lowest BCUT2D eigenvalue weighted by Crippen LogP contribution is -2.43. The van der Waals surface area contributed by atoms with Crippen molar-refractivity contribution < 1.29 is 23.4 Å². The summed E-state index contributed by atoms with van der Waals surface area (Å²) in [7, 11) is 2.74. The van der Waals surface area contributed by atoms with Crippen LogP contribution in [0.5, 0.6) is 17.2 Å². The van der Waals surface area contributed by atoms with Crippen molar-refractivity contribution in [2.24, 2.45) is 0 Å². The number of hydrogen-bond donors (Lipinski definition) is 0. The summed E-state index contributed by atoms with van der Waals surface area (Å²) in [6.45, 7) is 11.0. The minimum atomic E-state index is -1.95. The molecule has 0 amide bonds. The van der Waals surface area contributed by atoms with E-state index >= 15 is 0 Å². The van der Waals surface area contributed by atoms with Crippen molar-refractivity contribution in [3.8, 4) is 17.2 Å². The monoisotopic (exact) mass is 378 g/mol. The van der Waals surface area contributed by atoms with Crippen molar-refractivity contribution >= 4 is 19.7 Å². The topological polar surface area (TPSA) is 54.0 Å². The van der Waals surface area contributed by atoms with Crippen LogP contribution in [0, 0.1) is 0 Å². The fourth-order valence-corrected chi connectivity index (χ4v) is 4.02. The number of carbonyl (C=O) groups is 1. The van der Waals surface area contributed by atoms with Gasteiger partial charge in [-0.1, -0.05) is 20.8 Å². The Balaban J connectivity index is 2.38. The van der Waals surface area contributed by atoms with Crippen LogP contribution in [-0.2, 0) is 9.22 Å². The molecule has 0 heterocycles. The molecule has 5 nitrogen and oxygen atoms in total. The number of allylic oxidation sites excluding steroid dienone is 1. The molecule has 1 aliphatic carbocycles. The average Bonchev–Trinajstić information content (AvgIpc) is 2.91. The molecule has 0 aliphatic heterocycles. The highest BCUT2D eigenvalue weighted by Crippen LogP contribution is 2.43. The van der Waals surface area contributed by atoms with Gasteiger partial charge >= 0.3 is 0 Å². The van der Waals surface area contributed by atoms with E-state index in [1.165, 1.54) is 0 Å². The predicted octanol–water partition coefficient (Wildman–Crippen LogP) is 4.46. The Morgan fingerprint density at radius 3 is 1.96 bits per heavy atom. The number of methoxy groups -OCH3 is 3. The van der Waals surface area contributed by atoms with Gasteiger partial charge in [0.15, 0.2) is 25.6 Å². The van der Waals surface area contributed by atoms with E-state index in [4.69, 9.17) is 18.6 Å². The van der Waals surface area contributed by atoms with Crippen LogP contribution in [0.1, 0.15) is 32.8 Å². The lowest BCUT2D eigenvalue weighted by Gasteiger charge is -2.37. The maximum absolute atomic E-state index is 12.6. The summed E-state index contributed by atoms with van der Waals surface area (Å²) in [6.07, 6.45) is 2.12. The second-order valence-corrected chi connectivity index (χ2v) is 12.8. The second kappa shape index (κ2) is 7.45. The van der Waals surface area contributed by atoms with Crippen molar-refractivity contribution in [2.45, 2.75) is 51.4 Å². The highest BCUT2D eigenvalue weighted by Gasteiger charge is 2.40. The van der Waals surface area contributed by atoms with E-state index in [0.29, 0.717) is 29.2 Å². The van der Waals surface area contributed by atoms with Crippen LogP contribution in [0.3, 0.4) is 0 Å². The van der Waals surface area contributed by atoms with E-state index < -0.39 is 8.32 Å². The molecule has 1 aliphatic rings. The number of ketones is 1. The van der Waals surface area contributed by atoms with Crippen LogP contribution in [0.4, 0.5) is 0 Å². The quantitative estimate of drug-likeness (QED) is 0.684. The van der Waals surface area contributed by atoms with E-state index in [-0.39, 0.29) is 16.9 Å². The second-order valence-electron chi connectivity index (χ2n) is 8.04. The summed E-state index contributed by atoms with van der Waals surface area (Å²) in [5, 5.41) is 0.0964. The van der Waals surface area contributed by atoms with Crippen molar-refractivity contribution in [1.29, 1.82) is 0 Å². The molecule has 0 bridgehead atoms. The zero-order valence-corrected chi connectivity index (χ0v) is 18.1. The molecule has 26 heavy (non-hydrogen) atoms. The summed E-state index contributed by atoms with van der Waals surface area (Å²) >= 11 is 0. The lowest BCUT2D eigenvalue weighted by molar-refractivity contribution is -0.114. The van der Waals surface area contributed by atoms with E-state index in [1.807, 2.05) is 6.08 Å². The van der Waals surface area contributed by atoms with E-state index in [1.54, 1.807) is 33.5 Å². The molecule has 0 fully saturated rings. The molecule has 1 aromatic rings. The number of carbonyl (C=O) groups excluding carboxylic acids is 1. The number of ether oxygens (including phenoxy) is 3. The molecule has 0 N–H and O–H groups in total. The molecule has 1 unspecified atom stereocenters. The van der Waals surface area contributed by atoms with Gasteiger partial charge in [-0.15, -0.1) is 0 Å². The fourth-order valence-electron chi connectivity index (χ4n) is 2.76. The summed E-state index contributed by atoms with van der Waals surface area (Å²) in [4.78, 5) is 12.6. The van der Waals surface area contributed by atoms with Crippen LogP contribution < -0.4 is 14.2 Å². The van der Waals surface area contributed by atoms with Gasteiger partial charge in [0.05, 0.1) is 27.4 Å². The molecule has 1 atom stereocenters. The normalized spacial score (nSPS) is 17.9. The first-order valence-electron chi connectivity index (χ1n) is 8.77. The van der Waals surface area contributed by atoms with Gasteiger partial charge < -0.3 is 18.6 Å². The highest BCUT2D eigenvalue weighted by atomic mass is 28.4. The van der Waals surface area contributed by atoms with Crippen molar-refractivity contribution in [1.82, 2.24) is 0 Å². The Morgan fingerprint density at radius 1 is 1.00 bits per heavy atom. The van der Waals surface area contributed by atoms with Crippen LogP contribution in [-0.4, -0.2) is 41.5 Å². The zero-order chi connectivity index (χ0) is 19.7. The molecule has 1 aromatic carbocycles. The molecule has 144 valence electrons. The smallest absolute Gasteiger partial charge is 0.203 e. The molecular weight excluding hydrogens is 348 g/mol. The van der Waals surface area contributed by atoms with Crippen molar-refractivity contribution in [3.05, 3.63) is 23.8 Å². The summed E-state index contributed by atoms with van der Waals surface area (Å²) in [6, 6.07) is 3.61. The van der Waals surface area contributed by atoms with Gasteiger partial charge in [0.25, 0.3) is 0 Å². The minimum Gasteiger partial charge on any atom is -0.493 e. The Kier molecular flexibility index (Phi) is 5.88. The van der Waals surface area contributed by atoms with Gasteiger partial charge in [-0.3, -0.25) is 4.79 Å². The SMILES string of the molecule is COc1cc(C2=CC(O[Si](C)(C)C(C)(C)C)CC2=O)cc(OC)c1OC. The number of benzene rings is 1. The third-order valence-electron chi connectivity index (χ3n) is 5.27. The van der Waals surface area contributed by atoms with Gasteiger partial charge in [-0.25, -0.2) is 0 Å². The number of Topliss-reactive ketones (excluding diaryl/α,β-unsaturated/α-hetero) is 1. The van der Waals surface area contributed by atoms with Crippen LogP contribution in [0.15, 0.2) is 18.2 Å². The van der Waals surface area contributed by atoms with Crippen LogP contribution >= 0.6 is 0 Å². The first kappa shape index (κ1) is 20.5. The maximum Gasteiger partial charge on any atom is 0.203 e. The van der Waals surface area contributed by atoms with Crippen LogP contribution in [0.25, 0.3) is 5.57 Å². The van der Waals surface area contributed by atoms with Gasteiger partial charge in [-0.05, 0) is 41.9 Å². The molecule has 2 rings (SSSR count). The minimum absolute atomic E-state index is 0.0722. The standard InChI is InChI=1S/C20H30O5Si/c1-20(2,3)26(7,8)25-14-11-15(16(21)12-14)13-9-17(22-4)19(24-6)18(10-13)23-5/h9-11,14H,12H2,1-8H3. The van der Waals surface area contributed by atoms with E-state index in [9.17, 15) is 4.79 Å². The molecule has 0 radical (unpaired) electrons. The van der Waals surface area contributed by atoms with E-state index in [2.05, 4.69) is 33.9 Å². The number of hydrogen-bond acceptors (Lipinski definition) is 5. The summed E-state index contributed by atoms with van der Waals surface area (Å²) in [5.74, 6) is 1.65. The van der Waals surface area contributed by atoms with Gasteiger partial charge in [-0.2, -0.15) is 0 Å². The first-order chi connectivity index (χ1) is 12.0.